The molecule has 10 heteroatoms. The summed E-state index contributed by atoms with van der Waals surface area (Å²) < 4.78 is 0. The summed E-state index contributed by atoms with van der Waals surface area (Å²) >= 11 is 0. The Balaban J connectivity index is 2.17. The molecule has 0 fully saturated rings. The van der Waals surface area contributed by atoms with Crippen LogP contribution in [0.4, 0.5) is 11.5 Å². The van der Waals surface area contributed by atoms with Crippen LogP contribution in [0.5, 0.6) is 5.75 Å². The Hall–Kier alpha value is -3.30. The van der Waals surface area contributed by atoms with E-state index >= 15 is 0 Å². The summed E-state index contributed by atoms with van der Waals surface area (Å²) in [5.74, 6) is -0.0759. The number of hydrogen-bond donors (Lipinski definition) is 3. The van der Waals surface area contributed by atoms with E-state index < -0.39 is 10.6 Å². The van der Waals surface area contributed by atoms with Crippen LogP contribution >= 0.6 is 0 Å². The number of anilines is 1. The molecular weight excluding hydrogens is 268 g/mol. The van der Waals surface area contributed by atoms with Crippen LogP contribution in [0.3, 0.4) is 0 Å². The quantitative estimate of drug-likeness (QED) is 0.411. The lowest BCUT2D eigenvalue weighted by Crippen LogP contribution is -2.13. The fraction of sp³-hybridized carbons (Fsp3) is 0. The highest BCUT2D eigenvalue weighted by atomic mass is 16.6. The van der Waals surface area contributed by atoms with Gasteiger partial charge >= 0.3 is 5.69 Å². The summed E-state index contributed by atoms with van der Waals surface area (Å²) in [7, 11) is 0. The Bertz CT molecular complexity index is 726. The highest BCUT2D eigenvalue weighted by molar-refractivity contribution is 5.84. The van der Waals surface area contributed by atoms with Gasteiger partial charge in [-0.1, -0.05) is 0 Å². The molecule has 1 aromatic carbocycles. The molecule has 0 saturated heterocycles. The number of nitro groups is 1. The minimum Gasteiger partial charge on any atom is -0.507 e. The first kappa shape index (κ1) is 13.1. The second-order valence-electron chi connectivity index (χ2n) is 3.54. The fourth-order valence-electron chi connectivity index (χ4n) is 1.29. The highest BCUT2D eigenvalue weighted by Gasteiger charge is 2.08. The zero-order valence-corrected chi connectivity index (χ0v) is 9.85. The first-order chi connectivity index (χ1) is 9.56. The number of nitrogens with one attached hydrogen (secondary N) is 2. The molecule has 3 N–H and O–H groups in total. The monoisotopic (exact) mass is 276 g/mol. The minimum atomic E-state index is -0.650. The molecule has 0 aliphatic heterocycles. The average Bonchev–Trinajstić information content (AvgIpc) is 2.40. The molecule has 1 aromatic heterocycles. The zero-order valence-electron chi connectivity index (χ0n) is 9.85. The van der Waals surface area contributed by atoms with Gasteiger partial charge in [0.1, 0.15) is 5.75 Å². The smallest absolute Gasteiger partial charge is 0.363 e. The van der Waals surface area contributed by atoms with Gasteiger partial charge in [-0.3, -0.25) is 15.5 Å². The van der Waals surface area contributed by atoms with Gasteiger partial charge in [-0.2, -0.15) is 15.2 Å². The number of phenols is 1. The number of benzene rings is 1. The number of hydrazone groups is 1. The summed E-state index contributed by atoms with van der Waals surface area (Å²) in [5.41, 5.74) is 1.72. The van der Waals surface area contributed by atoms with E-state index in [-0.39, 0.29) is 22.8 Å². The largest absolute Gasteiger partial charge is 0.507 e. The molecule has 20 heavy (non-hydrogen) atoms. The fourth-order valence-corrected chi connectivity index (χ4v) is 1.29. The summed E-state index contributed by atoms with van der Waals surface area (Å²) in [5, 5.41) is 29.4. The number of aromatic nitrogens is 3. The molecule has 0 saturated carbocycles. The molecule has 0 radical (unpaired) electrons. The van der Waals surface area contributed by atoms with Crippen molar-refractivity contribution in [3.8, 4) is 5.75 Å². The van der Waals surface area contributed by atoms with Crippen LogP contribution in [0.15, 0.2) is 34.3 Å². The molecular formula is C10H8N6O4. The Morgan fingerprint density at radius 1 is 1.50 bits per heavy atom. The Morgan fingerprint density at radius 2 is 2.30 bits per heavy atom. The van der Waals surface area contributed by atoms with Gasteiger partial charge in [0.25, 0.3) is 5.69 Å². The number of nitro benzene ring substituents is 1. The van der Waals surface area contributed by atoms with Crippen molar-refractivity contribution in [1.29, 1.82) is 0 Å². The van der Waals surface area contributed by atoms with E-state index in [1.165, 1.54) is 18.3 Å². The number of non-ortho nitro benzene ring substituents is 1. The molecule has 0 aliphatic rings. The van der Waals surface area contributed by atoms with Gasteiger partial charge in [0.2, 0.25) is 0 Å². The van der Waals surface area contributed by atoms with E-state index in [2.05, 4.69) is 25.7 Å². The number of nitrogens with zero attached hydrogens (tertiary/aromatic N) is 4. The lowest BCUT2D eigenvalue weighted by Gasteiger charge is -1.99. The third-order valence-electron chi connectivity index (χ3n) is 2.17. The standard InChI is InChI=1S/C10H8N6O4/c17-8-2-1-7(16(19)20)3-6(8)4-11-14-9-5-12-15-10(18)13-9/h1-5,17H,(H2,13,14,15,18)/b11-4+. The summed E-state index contributed by atoms with van der Waals surface area (Å²) in [6.45, 7) is 0. The van der Waals surface area contributed by atoms with Crippen molar-refractivity contribution in [1.82, 2.24) is 15.2 Å². The SMILES string of the molecule is O=c1nc(N/N=C/c2cc([N+](=O)[O-])ccc2O)cn[nH]1. The van der Waals surface area contributed by atoms with Crippen molar-refractivity contribution in [2.75, 3.05) is 5.43 Å². The van der Waals surface area contributed by atoms with E-state index in [0.29, 0.717) is 0 Å². The van der Waals surface area contributed by atoms with Crippen molar-refractivity contribution >= 4 is 17.7 Å². The minimum absolute atomic E-state index is 0.0925. The number of aromatic hydroxyl groups is 1. The van der Waals surface area contributed by atoms with E-state index in [1.807, 2.05) is 0 Å². The molecule has 0 unspecified atom stereocenters. The van der Waals surface area contributed by atoms with Gasteiger partial charge in [0.05, 0.1) is 17.3 Å². The van der Waals surface area contributed by atoms with Gasteiger partial charge in [-0.25, -0.2) is 9.89 Å². The Labute approximate surface area is 111 Å². The summed E-state index contributed by atoms with van der Waals surface area (Å²) in [6.07, 6.45) is 2.39. The van der Waals surface area contributed by atoms with Crippen LogP contribution in [0.2, 0.25) is 0 Å². The van der Waals surface area contributed by atoms with Crippen molar-refractivity contribution in [2.45, 2.75) is 0 Å². The Kier molecular flexibility index (Phi) is 3.65. The van der Waals surface area contributed by atoms with Gasteiger partial charge in [0.15, 0.2) is 5.82 Å². The molecule has 0 aliphatic carbocycles. The predicted molar refractivity (Wildman–Crippen MR) is 68.6 cm³/mol. The van der Waals surface area contributed by atoms with Crippen molar-refractivity contribution < 1.29 is 10.0 Å². The van der Waals surface area contributed by atoms with E-state index in [1.54, 1.807) is 0 Å². The van der Waals surface area contributed by atoms with Gasteiger partial charge in [-0.05, 0) is 6.07 Å². The normalized spacial score (nSPS) is 10.6. The van der Waals surface area contributed by atoms with Crippen LogP contribution < -0.4 is 11.1 Å². The van der Waals surface area contributed by atoms with Crippen molar-refractivity contribution in [3.63, 3.8) is 0 Å². The van der Waals surface area contributed by atoms with E-state index in [0.717, 1.165) is 12.3 Å². The molecule has 1 heterocycles. The van der Waals surface area contributed by atoms with Crippen LogP contribution in [-0.2, 0) is 0 Å². The lowest BCUT2D eigenvalue weighted by atomic mass is 10.2. The lowest BCUT2D eigenvalue weighted by molar-refractivity contribution is -0.384. The third-order valence-corrected chi connectivity index (χ3v) is 2.17. The number of rotatable bonds is 4. The predicted octanol–water partition coefficient (Wildman–Crippen LogP) is 0.225. The second kappa shape index (κ2) is 5.56. The average molecular weight is 276 g/mol. The third kappa shape index (κ3) is 3.13. The maximum absolute atomic E-state index is 10.9. The first-order valence-electron chi connectivity index (χ1n) is 5.24. The Morgan fingerprint density at radius 3 is 3.00 bits per heavy atom. The second-order valence-corrected chi connectivity index (χ2v) is 3.54. The molecule has 0 amide bonds. The topological polar surface area (TPSA) is 146 Å². The zero-order chi connectivity index (χ0) is 14.5. The number of H-pyrrole nitrogens is 1. The van der Waals surface area contributed by atoms with Gasteiger partial charge in [-0.15, -0.1) is 0 Å². The van der Waals surface area contributed by atoms with Crippen LogP contribution in [0, 0.1) is 10.1 Å². The number of hydrogen-bond acceptors (Lipinski definition) is 8. The molecule has 0 spiro atoms. The van der Waals surface area contributed by atoms with Crippen LogP contribution in [0.25, 0.3) is 0 Å². The van der Waals surface area contributed by atoms with Crippen molar-refractivity contribution in [2.24, 2.45) is 5.10 Å². The maximum Gasteiger partial charge on any atom is 0.363 e. The van der Waals surface area contributed by atoms with E-state index in [4.69, 9.17) is 0 Å². The van der Waals surface area contributed by atoms with Crippen LogP contribution in [-0.4, -0.2) is 31.4 Å². The number of aromatic amines is 1. The summed E-state index contributed by atoms with van der Waals surface area (Å²) in [6, 6.07) is 3.51. The number of phenolic OH excluding ortho intramolecular Hbond substituents is 1. The van der Waals surface area contributed by atoms with Gasteiger partial charge in [0, 0.05) is 17.7 Å². The molecule has 0 bridgehead atoms. The van der Waals surface area contributed by atoms with Crippen molar-refractivity contribution in [3.05, 3.63) is 50.6 Å². The molecule has 2 rings (SSSR count). The molecule has 102 valence electrons. The maximum atomic E-state index is 10.9. The molecule has 10 nitrogen and oxygen atoms in total. The molecule has 2 aromatic rings. The highest BCUT2D eigenvalue weighted by Crippen LogP contribution is 2.21. The van der Waals surface area contributed by atoms with Crippen LogP contribution in [0.1, 0.15) is 5.56 Å². The summed E-state index contributed by atoms with van der Waals surface area (Å²) in [4.78, 5) is 24.4. The molecule has 0 atom stereocenters. The van der Waals surface area contributed by atoms with Gasteiger partial charge < -0.3 is 5.11 Å². The van der Waals surface area contributed by atoms with E-state index in [9.17, 15) is 20.0 Å². The first-order valence-corrected chi connectivity index (χ1v) is 5.24.